The van der Waals surface area contributed by atoms with Crippen LogP contribution in [0.25, 0.3) is 0 Å². The molecule has 1 atom stereocenters. The predicted octanol–water partition coefficient (Wildman–Crippen LogP) is 3.90. The molecule has 1 aromatic rings. The number of aliphatic imine (C=N–C) groups is 1. The van der Waals surface area contributed by atoms with Gasteiger partial charge in [0.1, 0.15) is 0 Å². The summed E-state index contributed by atoms with van der Waals surface area (Å²) in [6.07, 6.45) is 14.4. The Morgan fingerprint density at radius 3 is 2.79 bits per heavy atom. The summed E-state index contributed by atoms with van der Waals surface area (Å²) in [6, 6.07) is 3.44. The van der Waals surface area contributed by atoms with Gasteiger partial charge in [0, 0.05) is 44.1 Å². The molecular formula is C22H38IN5. The number of likely N-dealkylation sites (tertiary alicyclic amines) is 1. The van der Waals surface area contributed by atoms with Crippen molar-refractivity contribution in [3.63, 3.8) is 0 Å². The fourth-order valence-corrected chi connectivity index (χ4v) is 4.49. The molecule has 0 spiro atoms. The average Bonchev–Trinajstić information content (AvgIpc) is 2.70. The highest BCUT2D eigenvalue weighted by Gasteiger charge is 2.27. The molecule has 2 heterocycles. The Hall–Kier alpha value is -0.890. The van der Waals surface area contributed by atoms with Crippen LogP contribution < -0.4 is 10.6 Å². The van der Waals surface area contributed by atoms with E-state index in [4.69, 9.17) is 4.99 Å². The molecule has 3 rings (SSSR count). The van der Waals surface area contributed by atoms with Crippen molar-refractivity contribution in [3.8, 4) is 0 Å². The van der Waals surface area contributed by atoms with E-state index in [0.717, 1.165) is 31.5 Å². The van der Waals surface area contributed by atoms with Crippen LogP contribution in [0.1, 0.15) is 63.0 Å². The summed E-state index contributed by atoms with van der Waals surface area (Å²) in [4.78, 5) is 11.8. The first kappa shape index (κ1) is 23.4. The monoisotopic (exact) mass is 499 g/mol. The summed E-state index contributed by atoms with van der Waals surface area (Å²) in [7, 11) is 0. The van der Waals surface area contributed by atoms with Crippen LogP contribution in [0.2, 0.25) is 0 Å². The van der Waals surface area contributed by atoms with Crippen molar-refractivity contribution in [1.29, 1.82) is 0 Å². The fourth-order valence-electron chi connectivity index (χ4n) is 4.49. The van der Waals surface area contributed by atoms with Gasteiger partial charge in [-0.05, 0) is 69.7 Å². The minimum absolute atomic E-state index is 0. The van der Waals surface area contributed by atoms with Gasteiger partial charge >= 0.3 is 0 Å². The first-order valence-corrected chi connectivity index (χ1v) is 10.9. The minimum atomic E-state index is 0. The second-order valence-corrected chi connectivity index (χ2v) is 8.08. The Bertz CT molecular complexity index is 600. The molecule has 1 unspecified atom stereocenters. The largest absolute Gasteiger partial charge is 0.357 e. The van der Waals surface area contributed by atoms with Gasteiger partial charge in [-0.3, -0.25) is 14.9 Å². The number of hydrogen-bond acceptors (Lipinski definition) is 3. The van der Waals surface area contributed by atoms with Gasteiger partial charge in [0.15, 0.2) is 5.96 Å². The highest BCUT2D eigenvalue weighted by molar-refractivity contribution is 14.0. The van der Waals surface area contributed by atoms with Gasteiger partial charge in [-0.15, -0.1) is 24.0 Å². The van der Waals surface area contributed by atoms with Crippen molar-refractivity contribution in [3.05, 3.63) is 29.6 Å². The minimum Gasteiger partial charge on any atom is -0.357 e. The number of piperidine rings is 1. The number of hydrogen-bond donors (Lipinski definition) is 2. The first-order valence-electron chi connectivity index (χ1n) is 10.9. The Morgan fingerprint density at radius 1 is 1.21 bits per heavy atom. The van der Waals surface area contributed by atoms with E-state index in [0.29, 0.717) is 6.04 Å². The molecular weight excluding hydrogens is 461 g/mol. The molecule has 1 saturated carbocycles. The quantitative estimate of drug-likeness (QED) is 0.354. The molecule has 1 saturated heterocycles. The van der Waals surface area contributed by atoms with Gasteiger partial charge in [0.2, 0.25) is 0 Å². The maximum Gasteiger partial charge on any atom is 0.191 e. The van der Waals surface area contributed by atoms with Crippen molar-refractivity contribution in [2.75, 3.05) is 26.2 Å². The molecule has 0 bridgehead atoms. The van der Waals surface area contributed by atoms with Crippen LogP contribution in [0.4, 0.5) is 0 Å². The Kier molecular flexibility index (Phi) is 10.5. The molecule has 1 aliphatic carbocycles. The smallest absolute Gasteiger partial charge is 0.191 e. The molecule has 6 heteroatoms. The lowest BCUT2D eigenvalue weighted by Gasteiger charge is -2.40. The number of rotatable bonds is 6. The van der Waals surface area contributed by atoms with Crippen LogP contribution in [0.5, 0.6) is 0 Å². The number of aromatic nitrogens is 1. The van der Waals surface area contributed by atoms with Gasteiger partial charge in [-0.25, -0.2) is 0 Å². The fraction of sp³-hybridized carbons (Fsp3) is 0.727. The zero-order chi connectivity index (χ0) is 18.9. The molecule has 5 nitrogen and oxygen atoms in total. The van der Waals surface area contributed by atoms with Crippen molar-refractivity contribution in [2.45, 2.75) is 77.3 Å². The summed E-state index contributed by atoms with van der Waals surface area (Å²) in [5.41, 5.74) is 2.59. The summed E-state index contributed by atoms with van der Waals surface area (Å²) in [6.45, 7) is 8.41. The third kappa shape index (κ3) is 7.17. The van der Waals surface area contributed by atoms with E-state index >= 15 is 0 Å². The van der Waals surface area contributed by atoms with Crippen LogP contribution in [-0.4, -0.2) is 54.1 Å². The van der Waals surface area contributed by atoms with Crippen LogP contribution in [0.3, 0.4) is 0 Å². The van der Waals surface area contributed by atoms with Gasteiger partial charge < -0.3 is 10.6 Å². The topological polar surface area (TPSA) is 52.6 Å². The van der Waals surface area contributed by atoms with Crippen LogP contribution in [0, 0.1) is 6.92 Å². The standard InChI is InChI=1S/C22H37N5.HI/c1-3-24-22(25-14-12-19-11-13-23-16-18(19)2)26-20-8-7-15-27(17-20)21-9-5-4-6-10-21;/h11,13,16,20-21H,3-10,12,14-15,17H2,1-2H3,(H2,24,25,26);1H. The highest BCUT2D eigenvalue weighted by atomic mass is 127. The van der Waals surface area contributed by atoms with E-state index in [1.54, 1.807) is 0 Å². The molecule has 28 heavy (non-hydrogen) atoms. The SMILES string of the molecule is CCNC(=NCCc1ccncc1C)NC1CCCN(C2CCCCC2)C1.I. The van der Waals surface area contributed by atoms with Crippen molar-refractivity contribution in [2.24, 2.45) is 4.99 Å². The Balaban J connectivity index is 0.00000280. The van der Waals surface area contributed by atoms with Gasteiger partial charge in [-0.2, -0.15) is 0 Å². The maximum atomic E-state index is 4.84. The molecule has 2 aliphatic rings. The first-order chi connectivity index (χ1) is 13.3. The third-order valence-electron chi connectivity index (χ3n) is 6.02. The lowest BCUT2D eigenvalue weighted by Crippen LogP contribution is -2.53. The summed E-state index contributed by atoms with van der Waals surface area (Å²) in [5.74, 6) is 0.972. The van der Waals surface area contributed by atoms with Crippen molar-refractivity contribution < 1.29 is 0 Å². The number of pyridine rings is 1. The van der Waals surface area contributed by atoms with Crippen molar-refractivity contribution in [1.82, 2.24) is 20.5 Å². The predicted molar refractivity (Wildman–Crippen MR) is 129 cm³/mol. The van der Waals surface area contributed by atoms with E-state index < -0.39 is 0 Å². The molecule has 2 N–H and O–H groups in total. The number of nitrogens with one attached hydrogen (secondary N) is 2. The van der Waals surface area contributed by atoms with Crippen molar-refractivity contribution >= 4 is 29.9 Å². The van der Waals surface area contributed by atoms with Gasteiger partial charge in [0.25, 0.3) is 0 Å². The summed E-state index contributed by atoms with van der Waals surface area (Å²) >= 11 is 0. The van der Waals surface area contributed by atoms with E-state index in [9.17, 15) is 0 Å². The van der Waals surface area contributed by atoms with E-state index in [1.165, 1.54) is 69.2 Å². The molecule has 0 amide bonds. The highest BCUT2D eigenvalue weighted by Crippen LogP contribution is 2.25. The van der Waals surface area contributed by atoms with E-state index in [1.807, 2.05) is 12.4 Å². The zero-order valence-corrected chi connectivity index (χ0v) is 20.0. The molecule has 158 valence electrons. The maximum absolute atomic E-state index is 4.84. The molecule has 0 aromatic carbocycles. The van der Waals surface area contributed by atoms with Crippen LogP contribution in [0.15, 0.2) is 23.5 Å². The lowest BCUT2D eigenvalue weighted by atomic mass is 9.92. The number of guanidine groups is 1. The average molecular weight is 499 g/mol. The second-order valence-electron chi connectivity index (χ2n) is 8.08. The van der Waals surface area contributed by atoms with Gasteiger partial charge in [-0.1, -0.05) is 19.3 Å². The normalized spacial score (nSPS) is 21.8. The number of halogens is 1. The van der Waals surface area contributed by atoms with E-state index in [2.05, 4.69) is 40.4 Å². The van der Waals surface area contributed by atoms with Gasteiger partial charge in [0.05, 0.1) is 0 Å². The molecule has 0 radical (unpaired) electrons. The van der Waals surface area contributed by atoms with Crippen LogP contribution in [-0.2, 0) is 6.42 Å². The Labute approximate surface area is 188 Å². The lowest BCUT2D eigenvalue weighted by molar-refractivity contribution is 0.115. The summed E-state index contributed by atoms with van der Waals surface area (Å²) in [5, 5.41) is 7.14. The zero-order valence-electron chi connectivity index (χ0n) is 17.6. The second kappa shape index (κ2) is 12.6. The molecule has 1 aromatic heterocycles. The molecule has 1 aliphatic heterocycles. The Morgan fingerprint density at radius 2 is 2.04 bits per heavy atom. The number of nitrogens with zero attached hydrogens (tertiary/aromatic N) is 3. The summed E-state index contributed by atoms with van der Waals surface area (Å²) < 4.78 is 0. The third-order valence-corrected chi connectivity index (χ3v) is 6.02. The number of aryl methyl sites for hydroxylation is 1. The van der Waals surface area contributed by atoms with E-state index in [-0.39, 0.29) is 24.0 Å². The van der Waals surface area contributed by atoms with Crippen LogP contribution >= 0.6 is 24.0 Å². The molecule has 2 fully saturated rings.